The molecule has 1 rings (SSSR count). The molecule has 1 aromatic carbocycles. The van der Waals surface area contributed by atoms with Gasteiger partial charge in [0.05, 0.1) is 7.11 Å². The maximum atomic E-state index is 4.88. The van der Waals surface area contributed by atoms with Crippen LogP contribution in [0.25, 0.3) is 0 Å². The van der Waals surface area contributed by atoms with Crippen LogP contribution in [-0.2, 0) is 11.4 Å². The first-order valence-corrected chi connectivity index (χ1v) is 8.49. The zero-order valence-corrected chi connectivity index (χ0v) is 12.4. The minimum atomic E-state index is 0.742. The van der Waals surface area contributed by atoms with Crippen molar-refractivity contribution in [3.63, 3.8) is 0 Å². The molecule has 0 unspecified atom stereocenters. The topological polar surface area (TPSA) is 21.3 Å². The van der Waals surface area contributed by atoms with Crippen LogP contribution in [0, 0.1) is 0 Å². The summed E-state index contributed by atoms with van der Waals surface area (Å²) in [6.07, 6.45) is 6.36. The number of nitrogens with one attached hydrogen (secondary N) is 1. The lowest BCUT2D eigenvalue weighted by atomic mass is 10.2. The highest BCUT2D eigenvalue weighted by Gasteiger charge is 2.09. The molecule has 0 aliphatic rings. The maximum absolute atomic E-state index is 4.88. The fourth-order valence-corrected chi connectivity index (χ4v) is 4.11. The van der Waals surface area contributed by atoms with Gasteiger partial charge >= 0.3 is 0 Å². The van der Waals surface area contributed by atoms with E-state index in [4.69, 9.17) is 4.84 Å². The van der Waals surface area contributed by atoms with Crippen molar-refractivity contribution < 1.29 is 4.84 Å². The van der Waals surface area contributed by atoms with E-state index in [0.717, 1.165) is 6.54 Å². The molecule has 90 valence electrons. The van der Waals surface area contributed by atoms with Crippen LogP contribution >= 0.6 is 35.3 Å². The monoisotopic (exact) mass is 275 g/mol. The van der Waals surface area contributed by atoms with Crippen molar-refractivity contribution in [1.29, 1.82) is 0 Å². The van der Waals surface area contributed by atoms with Crippen molar-refractivity contribution in [1.82, 2.24) is 5.48 Å². The van der Waals surface area contributed by atoms with Crippen LogP contribution in [0.3, 0.4) is 0 Å². The number of hydrogen-bond donors (Lipinski definition) is 1. The summed E-state index contributed by atoms with van der Waals surface area (Å²) >= 11 is 5.40. The van der Waals surface area contributed by atoms with Crippen molar-refractivity contribution in [3.05, 3.63) is 17.7 Å². The molecule has 0 spiro atoms. The molecule has 0 aliphatic heterocycles. The Morgan fingerprint density at radius 1 is 1.06 bits per heavy atom. The number of hydroxylamine groups is 1. The molecule has 5 heteroatoms. The second-order valence-corrected chi connectivity index (χ2v) is 5.57. The molecule has 0 amide bonds. The largest absolute Gasteiger partial charge is 0.305 e. The Kier molecular flexibility index (Phi) is 6.68. The summed E-state index contributed by atoms with van der Waals surface area (Å²) < 4.78 is 0. The molecule has 0 aromatic heterocycles. The minimum absolute atomic E-state index is 0.742. The zero-order valence-electron chi connectivity index (χ0n) is 9.99. The summed E-state index contributed by atoms with van der Waals surface area (Å²) in [5.74, 6) is 0. The SMILES string of the molecule is CONCc1cc(SC)c(SC)c(SC)c1. The third-order valence-electron chi connectivity index (χ3n) is 2.15. The maximum Gasteiger partial charge on any atom is 0.0572 e. The molecule has 2 nitrogen and oxygen atoms in total. The quantitative estimate of drug-likeness (QED) is 0.632. The van der Waals surface area contributed by atoms with Crippen molar-refractivity contribution in [3.8, 4) is 0 Å². The summed E-state index contributed by atoms with van der Waals surface area (Å²) in [6.45, 7) is 0.742. The first-order valence-electron chi connectivity index (χ1n) is 4.81. The first-order chi connectivity index (χ1) is 7.76. The van der Waals surface area contributed by atoms with Gasteiger partial charge in [-0.25, -0.2) is 0 Å². The second kappa shape index (κ2) is 7.50. The van der Waals surface area contributed by atoms with Crippen LogP contribution in [-0.4, -0.2) is 25.9 Å². The first kappa shape index (κ1) is 14.3. The summed E-state index contributed by atoms with van der Waals surface area (Å²) in [7, 11) is 1.64. The van der Waals surface area contributed by atoms with E-state index in [1.807, 2.05) is 11.8 Å². The van der Waals surface area contributed by atoms with E-state index in [1.54, 1.807) is 30.6 Å². The van der Waals surface area contributed by atoms with Crippen molar-refractivity contribution >= 4 is 35.3 Å². The van der Waals surface area contributed by atoms with Crippen LogP contribution in [0.1, 0.15) is 5.56 Å². The normalized spacial score (nSPS) is 10.8. The molecule has 1 N–H and O–H groups in total. The standard InChI is InChI=1S/C11H17NOS3/c1-13-12-7-8-5-9(14-2)11(16-4)10(6-8)15-3/h5-6,12H,7H2,1-4H3. The molecule has 0 heterocycles. The van der Waals surface area contributed by atoms with Crippen LogP contribution in [0.2, 0.25) is 0 Å². The van der Waals surface area contributed by atoms with E-state index in [1.165, 1.54) is 20.2 Å². The van der Waals surface area contributed by atoms with Gasteiger partial charge in [-0.3, -0.25) is 0 Å². The highest BCUT2D eigenvalue weighted by atomic mass is 32.2. The molecule has 0 saturated carbocycles. The highest BCUT2D eigenvalue weighted by Crippen LogP contribution is 2.37. The van der Waals surface area contributed by atoms with Gasteiger partial charge in [-0.15, -0.1) is 35.3 Å². The minimum Gasteiger partial charge on any atom is -0.305 e. The second-order valence-electron chi connectivity index (χ2n) is 3.06. The van der Waals surface area contributed by atoms with Gasteiger partial charge in [0, 0.05) is 21.2 Å². The van der Waals surface area contributed by atoms with Gasteiger partial charge in [0.1, 0.15) is 0 Å². The molecular formula is C11H17NOS3. The zero-order chi connectivity index (χ0) is 12.0. The molecule has 0 radical (unpaired) electrons. The van der Waals surface area contributed by atoms with Gasteiger partial charge in [-0.05, 0) is 36.5 Å². The van der Waals surface area contributed by atoms with E-state index < -0.39 is 0 Å². The van der Waals surface area contributed by atoms with Crippen molar-refractivity contribution in [2.24, 2.45) is 0 Å². The Hall–Kier alpha value is 0.190. The van der Waals surface area contributed by atoms with Crippen LogP contribution in [0.5, 0.6) is 0 Å². The summed E-state index contributed by atoms with van der Waals surface area (Å²) in [5.41, 5.74) is 4.14. The Bertz CT molecular complexity index is 319. The Balaban J connectivity index is 3.05. The molecule has 0 aliphatic carbocycles. The van der Waals surface area contributed by atoms with Gasteiger partial charge in [0.25, 0.3) is 0 Å². The van der Waals surface area contributed by atoms with Gasteiger partial charge in [0.15, 0.2) is 0 Å². The molecule has 16 heavy (non-hydrogen) atoms. The Morgan fingerprint density at radius 3 is 2.00 bits per heavy atom. The van der Waals surface area contributed by atoms with Crippen molar-refractivity contribution in [2.75, 3.05) is 25.9 Å². The van der Waals surface area contributed by atoms with Gasteiger partial charge < -0.3 is 4.84 Å². The van der Waals surface area contributed by atoms with E-state index in [0.29, 0.717) is 0 Å². The third kappa shape index (κ3) is 3.60. The van der Waals surface area contributed by atoms with E-state index >= 15 is 0 Å². The summed E-state index contributed by atoms with van der Waals surface area (Å²) in [5, 5.41) is 0. The van der Waals surface area contributed by atoms with Crippen LogP contribution in [0.15, 0.2) is 26.8 Å². The molecule has 0 saturated heterocycles. The van der Waals surface area contributed by atoms with Crippen molar-refractivity contribution in [2.45, 2.75) is 21.2 Å². The average molecular weight is 275 g/mol. The molecule has 0 bridgehead atoms. The Morgan fingerprint density at radius 2 is 1.62 bits per heavy atom. The van der Waals surface area contributed by atoms with E-state index in [2.05, 4.69) is 36.4 Å². The van der Waals surface area contributed by atoms with Gasteiger partial charge in [0.2, 0.25) is 0 Å². The number of rotatable bonds is 6. The summed E-state index contributed by atoms with van der Waals surface area (Å²) in [6, 6.07) is 4.45. The Labute approximate surface area is 110 Å². The third-order valence-corrected chi connectivity index (χ3v) is 4.78. The number of hydrogen-bond acceptors (Lipinski definition) is 5. The fourth-order valence-electron chi connectivity index (χ4n) is 1.39. The lowest BCUT2D eigenvalue weighted by Gasteiger charge is -2.13. The smallest absolute Gasteiger partial charge is 0.0572 e. The van der Waals surface area contributed by atoms with Crippen LogP contribution in [0.4, 0.5) is 0 Å². The van der Waals surface area contributed by atoms with Gasteiger partial charge in [-0.1, -0.05) is 0 Å². The molecule has 0 fully saturated rings. The number of benzene rings is 1. The molecule has 0 atom stereocenters. The number of thioether (sulfide) groups is 3. The molecular weight excluding hydrogens is 258 g/mol. The van der Waals surface area contributed by atoms with E-state index in [-0.39, 0.29) is 0 Å². The lowest BCUT2D eigenvalue weighted by Crippen LogP contribution is -2.10. The fraction of sp³-hybridized carbons (Fsp3) is 0.455. The van der Waals surface area contributed by atoms with Gasteiger partial charge in [-0.2, -0.15) is 5.48 Å². The van der Waals surface area contributed by atoms with E-state index in [9.17, 15) is 0 Å². The predicted molar refractivity (Wildman–Crippen MR) is 75.6 cm³/mol. The molecule has 1 aromatic rings. The lowest BCUT2D eigenvalue weighted by molar-refractivity contribution is 0.0866. The summed E-state index contributed by atoms with van der Waals surface area (Å²) in [4.78, 5) is 8.94. The highest BCUT2D eigenvalue weighted by molar-refractivity contribution is 8.03. The predicted octanol–water partition coefficient (Wildman–Crippen LogP) is 3.50. The van der Waals surface area contributed by atoms with Crippen LogP contribution < -0.4 is 5.48 Å². The average Bonchev–Trinajstić information content (AvgIpc) is 2.34.